The number of aliphatic hydroxyl groups is 1. The Bertz CT molecular complexity index is 1050. The van der Waals surface area contributed by atoms with Crippen molar-refractivity contribution in [3.8, 4) is 6.07 Å². The number of carbonyl (C=O) groups is 1. The number of β-amino-alcohol motifs (C(OH)–C–C–N with tert-alkyl or cyclic N) is 1. The SMILES string of the molecule is N#Cc1ccc2nc(C(=O)NC[C@H](O)CN3CCc4ccccc4C3)cn2c1. The third-order valence-electron chi connectivity index (χ3n) is 4.99. The van der Waals surface area contributed by atoms with Gasteiger partial charge < -0.3 is 14.8 Å². The summed E-state index contributed by atoms with van der Waals surface area (Å²) < 4.78 is 1.65. The number of fused-ring (bicyclic) bond motifs is 2. The molecule has 1 aliphatic heterocycles. The fraction of sp³-hybridized carbons (Fsp3) is 0.286. The Morgan fingerprint density at radius 2 is 2.07 bits per heavy atom. The molecule has 7 nitrogen and oxygen atoms in total. The Kier molecular flexibility index (Phi) is 5.06. The van der Waals surface area contributed by atoms with E-state index >= 15 is 0 Å². The molecule has 0 saturated heterocycles. The van der Waals surface area contributed by atoms with Crippen LogP contribution >= 0.6 is 0 Å². The number of carbonyl (C=O) groups excluding carboxylic acids is 1. The predicted octanol–water partition coefficient (Wildman–Crippen LogP) is 1.35. The summed E-state index contributed by atoms with van der Waals surface area (Å²) >= 11 is 0. The van der Waals surface area contributed by atoms with Crippen LogP contribution in [0.4, 0.5) is 0 Å². The third kappa shape index (κ3) is 3.88. The Balaban J connectivity index is 1.32. The number of hydrogen-bond acceptors (Lipinski definition) is 5. The molecule has 0 unspecified atom stereocenters. The monoisotopic (exact) mass is 375 g/mol. The molecule has 3 heterocycles. The molecule has 0 radical (unpaired) electrons. The first-order valence-electron chi connectivity index (χ1n) is 9.26. The van der Waals surface area contributed by atoms with Gasteiger partial charge in [0.1, 0.15) is 17.4 Å². The molecule has 1 aromatic carbocycles. The number of aromatic nitrogens is 2. The van der Waals surface area contributed by atoms with Gasteiger partial charge in [-0.25, -0.2) is 4.98 Å². The number of nitriles is 1. The molecule has 0 fully saturated rings. The van der Waals surface area contributed by atoms with E-state index in [-0.39, 0.29) is 18.1 Å². The van der Waals surface area contributed by atoms with Crippen LogP contribution in [0.5, 0.6) is 0 Å². The van der Waals surface area contributed by atoms with Crippen molar-refractivity contribution in [2.45, 2.75) is 19.1 Å². The van der Waals surface area contributed by atoms with Crippen LogP contribution in [0.3, 0.4) is 0 Å². The number of rotatable bonds is 5. The van der Waals surface area contributed by atoms with Crippen LogP contribution in [0.15, 0.2) is 48.8 Å². The fourth-order valence-corrected chi connectivity index (χ4v) is 3.54. The molecule has 2 aromatic heterocycles. The van der Waals surface area contributed by atoms with Crippen LogP contribution in [0.25, 0.3) is 5.65 Å². The van der Waals surface area contributed by atoms with Crippen molar-refractivity contribution in [1.29, 1.82) is 5.26 Å². The molecular weight excluding hydrogens is 354 g/mol. The highest BCUT2D eigenvalue weighted by molar-refractivity contribution is 5.92. The molecule has 4 rings (SSSR count). The smallest absolute Gasteiger partial charge is 0.271 e. The lowest BCUT2D eigenvalue weighted by Gasteiger charge is -2.30. The molecule has 142 valence electrons. The highest BCUT2D eigenvalue weighted by Crippen LogP contribution is 2.18. The normalized spacial score (nSPS) is 15.0. The first kappa shape index (κ1) is 18.2. The second-order valence-corrected chi connectivity index (χ2v) is 7.04. The standard InChI is InChI=1S/C21H21N5O2/c22-9-15-5-6-20-24-19(14-26(20)11-15)21(28)23-10-18(27)13-25-8-7-16-3-1-2-4-17(16)12-25/h1-6,11,14,18,27H,7-8,10,12-13H2,(H,23,28)/t18-/m0/s1. The minimum absolute atomic E-state index is 0.161. The van der Waals surface area contributed by atoms with Crippen molar-refractivity contribution in [2.75, 3.05) is 19.6 Å². The number of hydrogen-bond donors (Lipinski definition) is 2. The van der Waals surface area contributed by atoms with Crippen molar-refractivity contribution in [3.63, 3.8) is 0 Å². The van der Waals surface area contributed by atoms with E-state index in [1.807, 2.05) is 6.07 Å². The van der Waals surface area contributed by atoms with Gasteiger partial charge in [-0.1, -0.05) is 24.3 Å². The first-order valence-corrected chi connectivity index (χ1v) is 9.26. The zero-order valence-corrected chi connectivity index (χ0v) is 15.4. The van der Waals surface area contributed by atoms with E-state index in [9.17, 15) is 9.90 Å². The molecule has 1 amide bonds. The Labute approximate surface area is 162 Å². The molecule has 0 spiro atoms. The van der Waals surface area contributed by atoms with Crippen molar-refractivity contribution in [3.05, 3.63) is 71.2 Å². The number of amides is 1. The molecule has 2 N–H and O–H groups in total. The Morgan fingerprint density at radius 3 is 2.89 bits per heavy atom. The van der Waals surface area contributed by atoms with Crippen LogP contribution in [0.1, 0.15) is 27.2 Å². The number of imidazole rings is 1. The summed E-state index contributed by atoms with van der Waals surface area (Å²) in [6.45, 7) is 2.38. The summed E-state index contributed by atoms with van der Waals surface area (Å²) in [7, 11) is 0. The molecule has 28 heavy (non-hydrogen) atoms. The summed E-state index contributed by atoms with van der Waals surface area (Å²) in [6.07, 6.45) is 3.53. The summed E-state index contributed by atoms with van der Waals surface area (Å²) in [4.78, 5) is 18.8. The van der Waals surface area contributed by atoms with Gasteiger partial charge in [-0.05, 0) is 29.7 Å². The van der Waals surface area contributed by atoms with Gasteiger partial charge in [-0.2, -0.15) is 5.26 Å². The minimum atomic E-state index is -0.656. The predicted molar refractivity (Wildman–Crippen MR) is 104 cm³/mol. The van der Waals surface area contributed by atoms with Gasteiger partial charge in [-0.15, -0.1) is 0 Å². The van der Waals surface area contributed by atoms with Gasteiger partial charge in [0.25, 0.3) is 5.91 Å². The fourth-order valence-electron chi connectivity index (χ4n) is 3.54. The summed E-state index contributed by atoms with van der Waals surface area (Å²) in [5, 5.41) is 22.0. The summed E-state index contributed by atoms with van der Waals surface area (Å²) in [6, 6.07) is 13.8. The molecule has 7 heteroatoms. The van der Waals surface area contributed by atoms with Crippen molar-refractivity contribution >= 4 is 11.6 Å². The van der Waals surface area contributed by atoms with Gasteiger partial charge >= 0.3 is 0 Å². The summed E-state index contributed by atoms with van der Waals surface area (Å²) in [5.41, 5.74) is 4.01. The third-order valence-corrected chi connectivity index (χ3v) is 4.99. The molecule has 1 aliphatic rings. The zero-order valence-electron chi connectivity index (χ0n) is 15.4. The van der Waals surface area contributed by atoms with Crippen LogP contribution in [-0.2, 0) is 13.0 Å². The summed E-state index contributed by atoms with van der Waals surface area (Å²) in [5.74, 6) is -0.342. The van der Waals surface area contributed by atoms with Crippen LogP contribution in [0.2, 0.25) is 0 Å². The molecule has 1 atom stereocenters. The van der Waals surface area contributed by atoms with Crippen molar-refractivity contribution in [2.24, 2.45) is 0 Å². The number of aliphatic hydroxyl groups excluding tert-OH is 1. The van der Waals surface area contributed by atoms with Gasteiger partial charge in [0.05, 0.1) is 11.7 Å². The lowest BCUT2D eigenvalue weighted by Crippen LogP contribution is -2.42. The van der Waals surface area contributed by atoms with E-state index in [0.29, 0.717) is 17.8 Å². The average molecular weight is 375 g/mol. The van der Waals surface area contributed by atoms with Crippen LogP contribution in [0, 0.1) is 11.3 Å². The molecule has 0 aliphatic carbocycles. The minimum Gasteiger partial charge on any atom is -0.390 e. The maximum atomic E-state index is 12.4. The Morgan fingerprint density at radius 1 is 1.25 bits per heavy atom. The second kappa shape index (κ2) is 7.80. The quantitative estimate of drug-likeness (QED) is 0.702. The number of benzene rings is 1. The number of pyridine rings is 1. The zero-order chi connectivity index (χ0) is 19.5. The topological polar surface area (TPSA) is 93.7 Å². The Hall–Kier alpha value is -3.21. The molecule has 3 aromatic rings. The van der Waals surface area contributed by atoms with Gasteiger partial charge in [0.2, 0.25) is 0 Å². The van der Waals surface area contributed by atoms with Gasteiger partial charge in [0.15, 0.2) is 0 Å². The largest absolute Gasteiger partial charge is 0.390 e. The number of nitrogens with zero attached hydrogens (tertiary/aromatic N) is 4. The molecule has 0 bridgehead atoms. The maximum absolute atomic E-state index is 12.4. The van der Waals surface area contributed by atoms with E-state index in [0.717, 1.165) is 19.5 Å². The van der Waals surface area contributed by atoms with E-state index in [1.165, 1.54) is 11.1 Å². The van der Waals surface area contributed by atoms with Gasteiger partial charge in [-0.3, -0.25) is 9.69 Å². The lowest BCUT2D eigenvalue weighted by molar-refractivity contribution is 0.0838. The van der Waals surface area contributed by atoms with E-state index in [4.69, 9.17) is 5.26 Å². The first-order chi connectivity index (χ1) is 13.6. The molecular formula is C21H21N5O2. The maximum Gasteiger partial charge on any atom is 0.271 e. The van der Waals surface area contributed by atoms with E-state index < -0.39 is 6.10 Å². The van der Waals surface area contributed by atoms with Crippen LogP contribution < -0.4 is 5.32 Å². The van der Waals surface area contributed by atoms with Crippen molar-refractivity contribution in [1.82, 2.24) is 19.6 Å². The van der Waals surface area contributed by atoms with E-state index in [2.05, 4.69) is 39.5 Å². The highest BCUT2D eigenvalue weighted by atomic mass is 16.3. The van der Waals surface area contributed by atoms with Crippen molar-refractivity contribution < 1.29 is 9.90 Å². The molecule has 0 saturated carbocycles. The highest BCUT2D eigenvalue weighted by Gasteiger charge is 2.19. The average Bonchev–Trinajstić information content (AvgIpc) is 3.15. The number of nitrogens with one attached hydrogen (secondary N) is 1. The van der Waals surface area contributed by atoms with Gasteiger partial charge in [0, 0.05) is 38.6 Å². The van der Waals surface area contributed by atoms with E-state index in [1.54, 1.807) is 28.9 Å². The second-order valence-electron chi connectivity index (χ2n) is 7.04. The lowest BCUT2D eigenvalue weighted by atomic mass is 10.00. The van der Waals surface area contributed by atoms with Crippen LogP contribution in [-0.4, -0.2) is 51.0 Å².